The Morgan fingerprint density at radius 1 is 1.04 bits per heavy atom. The fourth-order valence-corrected chi connectivity index (χ4v) is 4.16. The fraction of sp³-hybridized carbons (Fsp3) is 0.500. The molecule has 3 rings (SSSR count). The number of hydrogen-bond acceptors (Lipinski definition) is 6. The Kier molecular flexibility index (Phi) is 6.55. The summed E-state index contributed by atoms with van der Waals surface area (Å²) < 4.78 is 18.1. The Hall–Kier alpha value is -2.28. The Balaban J connectivity index is 1.92. The first-order valence-corrected chi connectivity index (χ1v) is 10.1. The lowest BCUT2D eigenvalue weighted by molar-refractivity contribution is 0.324. The van der Waals surface area contributed by atoms with Crippen LogP contribution >= 0.6 is 11.3 Å². The van der Waals surface area contributed by atoms with Crippen LogP contribution in [0.4, 0.5) is 0 Å². The Morgan fingerprint density at radius 2 is 1.70 bits per heavy atom. The van der Waals surface area contributed by atoms with Crippen molar-refractivity contribution >= 4 is 17.6 Å². The SMILES string of the molecule is COc1cc(/C=N/n2c(C)cs/c2=N\C2CCCCC2)cc(OC)c1OC. The van der Waals surface area contributed by atoms with E-state index in [0.717, 1.165) is 16.1 Å². The van der Waals surface area contributed by atoms with E-state index in [1.54, 1.807) is 38.9 Å². The molecule has 1 aliphatic carbocycles. The number of rotatable bonds is 6. The van der Waals surface area contributed by atoms with Crippen LogP contribution in [-0.4, -0.2) is 38.3 Å². The van der Waals surface area contributed by atoms with Crippen molar-refractivity contribution in [3.05, 3.63) is 33.6 Å². The topological polar surface area (TPSA) is 57.3 Å². The average Bonchev–Trinajstić information content (AvgIpc) is 3.05. The van der Waals surface area contributed by atoms with Gasteiger partial charge >= 0.3 is 0 Å². The number of aryl methyl sites for hydroxylation is 1. The summed E-state index contributed by atoms with van der Waals surface area (Å²) in [5, 5.41) is 6.76. The highest BCUT2D eigenvalue weighted by Crippen LogP contribution is 2.37. The van der Waals surface area contributed by atoms with Gasteiger partial charge in [-0.1, -0.05) is 19.3 Å². The van der Waals surface area contributed by atoms with E-state index >= 15 is 0 Å². The average molecular weight is 390 g/mol. The third-order valence-corrected chi connectivity index (χ3v) is 5.68. The molecule has 0 atom stereocenters. The van der Waals surface area contributed by atoms with Crippen LogP contribution in [0, 0.1) is 6.92 Å². The van der Waals surface area contributed by atoms with Crippen molar-refractivity contribution in [1.82, 2.24) is 4.68 Å². The molecule has 0 amide bonds. The summed E-state index contributed by atoms with van der Waals surface area (Å²) in [6.07, 6.45) is 8.01. The van der Waals surface area contributed by atoms with Gasteiger partial charge in [0.15, 0.2) is 11.5 Å². The lowest BCUT2D eigenvalue weighted by Gasteiger charge is -2.16. The van der Waals surface area contributed by atoms with Crippen molar-refractivity contribution in [2.45, 2.75) is 45.1 Å². The molecule has 7 heteroatoms. The predicted octanol–water partition coefficient (Wildman–Crippen LogP) is 4.00. The van der Waals surface area contributed by atoms with Crippen molar-refractivity contribution in [3.8, 4) is 17.2 Å². The molecule has 0 spiro atoms. The molecule has 1 aromatic carbocycles. The monoisotopic (exact) mass is 389 g/mol. The maximum atomic E-state index is 5.41. The van der Waals surface area contributed by atoms with Crippen molar-refractivity contribution < 1.29 is 14.2 Å². The molecule has 1 fully saturated rings. The summed E-state index contributed by atoms with van der Waals surface area (Å²) in [5.74, 6) is 1.79. The highest BCUT2D eigenvalue weighted by molar-refractivity contribution is 7.07. The Labute approximate surface area is 164 Å². The number of hydrogen-bond donors (Lipinski definition) is 0. The van der Waals surface area contributed by atoms with Crippen LogP contribution in [0.2, 0.25) is 0 Å². The van der Waals surface area contributed by atoms with Crippen molar-refractivity contribution in [2.24, 2.45) is 10.1 Å². The molecule has 0 N–H and O–H groups in total. The van der Waals surface area contributed by atoms with Gasteiger partial charge < -0.3 is 14.2 Å². The van der Waals surface area contributed by atoms with Gasteiger partial charge in [-0.05, 0) is 31.9 Å². The summed E-state index contributed by atoms with van der Waals surface area (Å²) in [6.45, 7) is 2.04. The number of nitrogens with zero attached hydrogens (tertiary/aromatic N) is 3. The first kappa shape index (κ1) is 19.5. The van der Waals surface area contributed by atoms with Gasteiger partial charge in [-0.2, -0.15) is 5.10 Å². The molecule has 1 saturated carbocycles. The molecule has 27 heavy (non-hydrogen) atoms. The number of thiazole rings is 1. The Bertz CT molecular complexity index is 839. The second-order valence-electron chi connectivity index (χ2n) is 6.60. The fourth-order valence-electron chi connectivity index (χ4n) is 3.28. The molecule has 6 nitrogen and oxygen atoms in total. The van der Waals surface area contributed by atoms with E-state index in [-0.39, 0.29) is 0 Å². The molecular weight excluding hydrogens is 362 g/mol. The maximum Gasteiger partial charge on any atom is 0.206 e. The number of methoxy groups -OCH3 is 3. The molecule has 0 saturated heterocycles. The minimum atomic E-state index is 0.416. The third-order valence-electron chi connectivity index (χ3n) is 4.73. The Morgan fingerprint density at radius 3 is 2.30 bits per heavy atom. The normalized spacial score (nSPS) is 16.1. The summed E-state index contributed by atoms with van der Waals surface area (Å²) >= 11 is 1.64. The zero-order valence-corrected chi connectivity index (χ0v) is 17.2. The zero-order chi connectivity index (χ0) is 19.2. The van der Waals surface area contributed by atoms with Crippen molar-refractivity contribution in [3.63, 3.8) is 0 Å². The standard InChI is InChI=1S/C20H27N3O3S/c1-14-13-27-20(22-16-8-6-5-7-9-16)23(14)21-12-15-10-17(24-2)19(26-4)18(11-15)25-3/h10-13,16H,5-9H2,1-4H3/b21-12+,22-20-. The molecule has 1 aliphatic rings. The predicted molar refractivity (Wildman–Crippen MR) is 109 cm³/mol. The second-order valence-corrected chi connectivity index (χ2v) is 7.43. The quantitative estimate of drug-likeness (QED) is 0.702. The van der Waals surface area contributed by atoms with E-state index in [0.29, 0.717) is 23.3 Å². The third kappa shape index (κ3) is 4.53. The van der Waals surface area contributed by atoms with Gasteiger partial charge in [0.1, 0.15) is 0 Å². The van der Waals surface area contributed by atoms with Crippen LogP contribution in [-0.2, 0) is 0 Å². The van der Waals surface area contributed by atoms with Gasteiger partial charge in [0, 0.05) is 10.9 Å². The minimum absolute atomic E-state index is 0.416. The van der Waals surface area contributed by atoms with Crippen molar-refractivity contribution in [2.75, 3.05) is 21.3 Å². The first-order chi connectivity index (χ1) is 13.2. The smallest absolute Gasteiger partial charge is 0.206 e. The molecule has 0 unspecified atom stereocenters. The van der Waals surface area contributed by atoms with E-state index < -0.39 is 0 Å². The van der Waals surface area contributed by atoms with E-state index in [1.165, 1.54) is 32.1 Å². The van der Waals surface area contributed by atoms with Gasteiger partial charge in [-0.25, -0.2) is 4.68 Å². The lowest BCUT2D eigenvalue weighted by Crippen LogP contribution is -2.19. The summed E-state index contributed by atoms with van der Waals surface area (Å²) in [4.78, 5) is 5.89. The van der Waals surface area contributed by atoms with Gasteiger partial charge in [-0.15, -0.1) is 11.3 Å². The second kappa shape index (κ2) is 9.08. The maximum absolute atomic E-state index is 5.41. The largest absolute Gasteiger partial charge is 0.493 e. The molecule has 1 heterocycles. The van der Waals surface area contributed by atoms with E-state index in [4.69, 9.17) is 19.2 Å². The minimum Gasteiger partial charge on any atom is -0.493 e. The van der Waals surface area contributed by atoms with Gasteiger partial charge in [0.05, 0.1) is 39.3 Å². The van der Waals surface area contributed by atoms with Crippen LogP contribution < -0.4 is 19.0 Å². The van der Waals surface area contributed by atoms with E-state index in [1.807, 2.05) is 23.7 Å². The molecule has 2 aromatic rings. The molecule has 146 valence electrons. The van der Waals surface area contributed by atoms with Gasteiger partial charge in [0.2, 0.25) is 10.6 Å². The van der Waals surface area contributed by atoms with Gasteiger partial charge in [0.25, 0.3) is 0 Å². The molecule has 0 bridgehead atoms. The first-order valence-electron chi connectivity index (χ1n) is 9.21. The summed E-state index contributed by atoms with van der Waals surface area (Å²) in [5.41, 5.74) is 1.93. The molecule has 0 aliphatic heterocycles. The van der Waals surface area contributed by atoms with Gasteiger partial charge in [-0.3, -0.25) is 4.99 Å². The summed E-state index contributed by atoms with van der Waals surface area (Å²) in [6, 6.07) is 4.18. The molecule has 1 aromatic heterocycles. The van der Waals surface area contributed by atoms with E-state index in [9.17, 15) is 0 Å². The highest BCUT2D eigenvalue weighted by atomic mass is 32.1. The zero-order valence-electron chi connectivity index (χ0n) is 16.4. The summed E-state index contributed by atoms with van der Waals surface area (Å²) in [7, 11) is 4.81. The van der Waals surface area contributed by atoms with Crippen molar-refractivity contribution in [1.29, 1.82) is 0 Å². The van der Waals surface area contributed by atoms with Crippen LogP contribution in [0.3, 0.4) is 0 Å². The van der Waals surface area contributed by atoms with E-state index in [2.05, 4.69) is 10.5 Å². The number of benzene rings is 1. The van der Waals surface area contributed by atoms with Crippen LogP contribution in [0.1, 0.15) is 43.4 Å². The lowest BCUT2D eigenvalue weighted by atomic mass is 9.96. The molecule has 0 radical (unpaired) electrons. The highest BCUT2D eigenvalue weighted by Gasteiger charge is 2.14. The number of ether oxygens (including phenoxy) is 3. The van der Waals surface area contributed by atoms with Crippen LogP contribution in [0.5, 0.6) is 17.2 Å². The number of aromatic nitrogens is 1. The van der Waals surface area contributed by atoms with Crippen LogP contribution in [0.15, 0.2) is 27.6 Å². The van der Waals surface area contributed by atoms with Crippen LogP contribution in [0.25, 0.3) is 0 Å². The molecular formula is C20H27N3O3S.